The molecule has 3 aromatic rings. The Labute approximate surface area is 137 Å². The molecule has 1 aromatic heterocycles. The fraction of sp³-hybridized carbons (Fsp3) is 0.176. The maximum atomic E-state index is 13.0. The van der Waals surface area contributed by atoms with Gasteiger partial charge in [0.05, 0.1) is 12.2 Å². The number of ether oxygens (including phenoxy) is 2. The monoisotopic (exact) mass is 326 g/mol. The number of hydrogen-bond donors (Lipinski definition) is 1. The SMILES string of the molecule is Cc1nc(CNc2ccc(F)cc2)n(-c2ccc3c(c2)OCO3)n1. The molecular weight excluding hydrogens is 311 g/mol. The van der Waals surface area contributed by atoms with Crippen molar-refractivity contribution >= 4 is 5.69 Å². The summed E-state index contributed by atoms with van der Waals surface area (Å²) in [5.41, 5.74) is 1.66. The molecule has 122 valence electrons. The van der Waals surface area contributed by atoms with Gasteiger partial charge >= 0.3 is 0 Å². The summed E-state index contributed by atoms with van der Waals surface area (Å²) in [6.07, 6.45) is 0. The summed E-state index contributed by atoms with van der Waals surface area (Å²) in [6.45, 7) is 2.53. The van der Waals surface area contributed by atoms with Crippen LogP contribution in [0.25, 0.3) is 5.69 Å². The van der Waals surface area contributed by atoms with Crippen molar-refractivity contribution in [2.45, 2.75) is 13.5 Å². The Bertz CT molecular complexity index is 877. The van der Waals surface area contributed by atoms with E-state index in [4.69, 9.17) is 9.47 Å². The van der Waals surface area contributed by atoms with Gasteiger partial charge < -0.3 is 14.8 Å². The Morgan fingerprint density at radius 2 is 1.92 bits per heavy atom. The first-order valence-electron chi connectivity index (χ1n) is 7.51. The molecule has 7 heteroatoms. The normalized spacial score (nSPS) is 12.4. The summed E-state index contributed by atoms with van der Waals surface area (Å²) in [4.78, 5) is 4.46. The molecule has 0 bridgehead atoms. The van der Waals surface area contributed by atoms with Gasteiger partial charge in [0.25, 0.3) is 0 Å². The lowest BCUT2D eigenvalue weighted by atomic mass is 10.3. The third-order valence-corrected chi connectivity index (χ3v) is 3.68. The number of aryl methyl sites for hydroxylation is 1. The van der Waals surface area contributed by atoms with Crippen molar-refractivity contribution in [1.82, 2.24) is 14.8 Å². The molecule has 0 fully saturated rings. The van der Waals surface area contributed by atoms with Gasteiger partial charge in [0, 0.05) is 11.8 Å². The fourth-order valence-corrected chi connectivity index (χ4v) is 2.55. The van der Waals surface area contributed by atoms with E-state index in [0.717, 1.165) is 22.9 Å². The molecule has 0 aliphatic carbocycles. The second-order valence-electron chi connectivity index (χ2n) is 5.39. The maximum absolute atomic E-state index is 13.0. The zero-order chi connectivity index (χ0) is 16.5. The van der Waals surface area contributed by atoms with E-state index in [1.165, 1.54) is 12.1 Å². The highest BCUT2D eigenvalue weighted by molar-refractivity contribution is 5.50. The molecule has 1 N–H and O–H groups in total. The van der Waals surface area contributed by atoms with Crippen molar-refractivity contribution in [3.05, 3.63) is 59.9 Å². The molecule has 2 aromatic carbocycles. The Morgan fingerprint density at radius 3 is 2.75 bits per heavy atom. The number of anilines is 1. The Kier molecular flexibility index (Phi) is 3.53. The first-order chi connectivity index (χ1) is 11.7. The van der Waals surface area contributed by atoms with Gasteiger partial charge in [-0.2, -0.15) is 5.10 Å². The number of hydrogen-bond acceptors (Lipinski definition) is 5. The van der Waals surface area contributed by atoms with Crippen LogP contribution in [0.5, 0.6) is 11.5 Å². The van der Waals surface area contributed by atoms with Gasteiger partial charge in [-0.1, -0.05) is 0 Å². The zero-order valence-electron chi connectivity index (χ0n) is 13.0. The minimum absolute atomic E-state index is 0.230. The summed E-state index contributed by atoms with van der Waals surface area (Å²) in [7, 11) is 0. The molecule has 0 saturated heterocycles. The minimum Gasteiger partial charge on any atom is -0.454 e. The van der Waals surface area contributed by atoms with Gasteiger partial charge in [-0.3, -0.25) is 0 Å². The number of aromatic nitrogens is 3. The van der Waals surface area contributed by atoms with Gasteiger partial charge in [-0.15, -0.1) is 0 Å². The molecule has 0 radical (unpaired) electrons. The van der Waals surface area contributed by atoms with Crippen LogP contribution in [0.1, 0.15) is 11.6 Å². The molecule has 24 heavy (non-hydrogen) atoms. The molecule has 6 nitrogen and oxygen atoms in total. The molecule has 0 saturated carbocycles. The molecule has 0 amide bonds. The highest BCUT2D eigenvalue weighted by Crippen LogP contribution is 2.33. The van der Waals surface area contributed by atoms with E-state index in [2.05, 4.69) is 15.4 Å². The van der Waals surface area contributed by atoms with Crippen LogP contribution in [0.3, 0.4) is 0 Å². The Balaban J connectivity index is 1.59. The van der Waals surface area contributed by atoms with Gasteiger partial charge in [0.1, 0.15) is 11.6 Å². The van der Waals surface area contributed by atoms with Crippen molar-refractivity contribution in [3.63, 3.8) is 0 Å². The quantitative estimate of drug-likeness (QED) is 0.798. The third-order valence-electron chi connectivity index (χ3n) is 3.68. The standard InChI is InChI=1S/C17H15FN4O2/c1-11-20-17(9-19-13-4-2-12(18)3-5-13)22(21-11)14-6-7-15-16(8-14)24-10-23-15/h2-8,19H,9-10H2,1H3. The van der Waals surface area contributed by atoms with E-state index in [1.54, 1.807) is 16.8 Å². The predicted molar refractivity (Wildman–Crippen MR) is 85.9 cm³/mol. The van der Waals surface area contributed by atoms with Gasteiger partial charge in [-0.25, -0.2) is 14.1 Å². The number of nitrogens with one attached hydrogen (secondary N) is 1. The van der Waals surface area contributed by atoms with E-state index < -0.39 is 0 Å². The molecule has 2 heterocycles. The second-order valence-corrected chi connectivity index (χ2v) is 5.39. The van der Waals surface area contributed by atoms with Crippen molar-refractivity contribution in [2.24, 2.45) is 0 Å². The molecule has 1 aliphatic heterocycles. The molecule has 4 rings (SSSR count). The zero-order valence-corrected chi connectivity index (χ0v) is 13.0. The van der Waals surface area contributed by atoms with E-state index in [1.807, 2.05) is 25.1 Å². The summed E-state index contributed by atoms with van der Waals surface area (Å²) in [5, 5.41) is 7.66. The second kappa shape index (κ2) is 5.84. The van der Waals surface area contributed by atoms with Crippen molar-refractivity contribution < 1.29 is 13.9 Å². The maximum Gasteiger partial charge on any atom is 0.231 e. The molecular formula is C17H15FN4O2. The lowest BCUT2D eigenvalue weighted by Gasteiger charge is -2.09. The van der Waals surface area contributed by atoms with Crippen LogP contribution in [-0.2, 0) is 6.54 Å². The fourth-order valence-electron chi connectivity index (χ4n) is 2.55. The van der Waals surface area contributed by atoms with Crippen LogP contribution in [0.2, 0.25) is 0 Å². The number of rotatable bonds is 4. The van der Waals surface area contributed by atoms with Crippen LogP contribution in [0.15, 0.2) is 42.5 Å². The van der Waals surface area contributed by atoms with Crippen LogP contribution >= 0.6 is 0 Å². The van der Waals surface area contributed by atoms with E-state index in [-0.39, 0.29) is 12.6 Å². The van der Waals surface area contributed by atoms with Crippen molar-refractivity contribution in [3.8, 4) is 17.2 Å². The minimum atomic E-state index is -0.264. The van der Waals surface area contributed by atoms with Gasteiger partial charge in [0.15, 0.2) is 17.3 Å². The van der Waals surface area contributed by atoms with Crippen LogP contribution in [0, 0.1) is 12.7 Å². The average Bonchev–Trinajstić information content (AvgIpc) is 3.19. The Hall–Kier alpha value is -3.09. The highest BCUT2D eigenvalue weighted by Gasteiger charge is 2.16. The smallest absolute Gasteiger partial charge is 0.231 e. The topological polar surface area (TPSA) is 61.2 Å². The first-order valence-corrected chi connectivity index (χ1v) is 7.51. The van der Waals surface area contributed by atoms with Gasteiger partial charge in [-0.05, 0) is 43.3 Å². The highest BCUT2D eigenvalue weighted by atomic mass is 19.1. The molecule has 0 unspecified atom stereocenters. The van der Waals surface area contributed by atoms with Crippen molar-refractivity contribution in [1.29, 1.82) is 0 Å². The summed E-state index contributed by atoms with van der Waals surface area (Å²) < 4.78 is 25.5. The van der Waals surface area contributed by atoms with Crippen LogP contribution in [-0.4, -0.2) is 21.6 Å². The van der Waals surface area contributed by atoms with Crippen LogP contribution < -0.4 is 14.8 Å². The number of fused-ring (bicyclic) bond motifs is 1. The predicted octanol–water partition coefficient (Wildman–Crippen LogP) is 3.06. The van der Waals surface area contributed by atoms with Gasteiger partial charge in [0.2, 0.25) is 6.79 Å². The number of benzene rings is 2. The van der Waals surface area contributed by atoms with Crippen molar-refractivity contribution in [2.75, 3.05) is 12.1 Å². The molecule has 0 atom stereocenters. The van der Waals surface area contributed by atoms with E-state index in [9.17, 15) is 4.39 Å². The lowest BCUT2D eigenvalue weighted by molar-refractivity contribution is 0.174. The first kappa shape index (κ1) is 14.5. The molecule has 1 aliphatic rings. The van der Waals surface area contributed by atoms with E-state index >= 15 is 0 Å². The lowest BCUT2D eigenvalue weighted by Crippen LogP contribution is -2.08. The van der Waals surface area contributed by atoms with E-state index in [0.29, 0.717) is 18.1 Å². The molecule has 0 spiro atoms. The largest absolute Gasteiger partial charge is 0.454 e. The third kappa shape index (κ3) is 2.76. The Morgan fingerprint density at radius 1 is 1.12 bits per heavy atom. The average molecular weight is 326 g/mol. The summed E-state index contributed by atoms with van der Waals surface area (Å²) in [5.74, 6) is 2.57. The summed E-state index contributed by atoms with van der Waals surface area (Å²) in [6, 6.07) is 11.8. The van der Waals surface area contributed by atoms with Crippen LogP contribution in [0.4, 0.5) is 10.1 Å². The number of halogens is 1. The summed E-state index contributed by atoms with van der Waals surface area (Å²) >= 11 is 0. The number of nitrogens with zero attached hydrogens (tertiary/aromatic N) is 3.